The van der Waals surface area contributed by atoms with E-state index in [-0.39, 0.29) is 0 Å². The Morgan fingerprint density at radius 2 is 2.20 bits per heavy atom. The summed E-state index contributed by atoms with van der Waals surface area (Å²) in [6, 6.07) is 10.2. The van der Waals surface area contributed by atoms with Crippen LogP contribution >= 0.6 is 0 Å². The van der Waals surface area contributed by atoms with Crippen LogP contribution in [0.2, 0.25) is 0 Å². The molecule has 0 atom stereocenters. The van der Waals surface area contributed by atoms with Crippen LogP contribution in [0.3, 0.4) is 0 Å². The molecule has 1 aromatic carbocycles. The zero-order valence-electron chi connectivity index (χ0n) is 8.73. The molecule has 0 radical (unpaired) electrons. The van der Waals surface area contributed by atoms with Crippen LogP contribution in [0.4, 0.5) is 0 Å². The van der Waals surface area contributed by atoms with Gasteiger partial charge < -0.3 is 4.57 Å². The molecule has 1 aromatic heterocycles. The monoisotopic (exact) mass is 197 g/mol. The van der Waals surface area contributed by atoms with Crippen molar-refractivity contribution in [2.45, 2.75) is 6.92 Å². The summed E-state index contributed by atoms with van der Waals surface area (Å²) in [5, 5.41) is 8.82. The number of rotatable bonds is 1. The van der Waals surface area contributed by atoms with Gasteiger partial charge >= 0.3 is 0 Å². The summed E-state index contributed by atoms with van der Waals surface area (Å²) in [4.78, 5) is 4.24. The van der Waals surface area contributed by atoms with Crippen molar-refractivity contribution in [3.63, 3.8) is 0 Å². The van der Waals surface area contributed by atoms with Crippen LogP contribution in [-0.4, -0.2) is 9.55 Å². The lowest BCUT2D eigenvalue weighted by molar-refractivity contribution is 0.907. The molecule has 15 heavy (non-hydrogen) atoms. The Morgan fingerprint density at radius 3 is 2.80 bits per heavy atom. The van der Waals surface area contributed by atoms with E-state index in [1.807, 2.05) is 32.2 Å². The van der Waals surface area contributed by atoms with Gasteiger partial charge in [0.25, 0.3) is 0 Å². The average molecular weight is 197 g/mol. The third kappa shape index (κ3) is 1.62. The highest BCUT2D eigenvalue weighted by Gasteiger charge is 2.07. The minimum Gasteiger partial charge on any atom is -0.319 e. The van der Waals surface area contributed by atoms with Crippen molar-refractivity contribution in [1.29, 1.82) is 5.26 Å². The van der Waals surface area contributed by atoms with Crippen molar-refractivity contribution in [3.8, 4) is 17.5 Å². The molecule has 2 rings (SSSR count). The maximum absolute atomic E-state index is 8.82. The standard InChI is InChI=1S/C12H11N3/c1-9-4-3-5-10(6-9)12-14-8-11(7-13)15(12)2/h3-6,8H,1-2H3. The third-order valence-corrected chi connectivity index (χ3v) is 2.38. The lowest BCUT2D eigenvalue weighted by atomic mass is 10.1. The number of aromatic nitrogens is 2. The third-order valence-electron chi connectivity index (χ3n) is 2.38. The minimum absolute atomic E-state index is 0.575. The second kappa shape index (κ2) is 3.58. The van der Waals surface area contributed by atoms with Gasteiger partial charge in [0.1, 0.15) is 17.6 Å². The first-order valence-corrected chi connectivity index (χ1v) is 4.71. The van der Waals surface area contributed by atoms with Gasteiger partial charge in [0.05, 0.1) is 6.20 Å². The number of benzene rings is 1. The van der Waals surface area contributed by atoms with Gasteiger partial charge in [-0.25, -0.2) is 4.98 Å². The summed E-state index contributed by atoms with van der Waals surface area (Å²) in [5.74, 6) is 0.829. The number of imidazole rings is 1. The van der Waals surface area contributed by atoms with Crippen molar-refractivity contribution in [2.75, 3.05) is 0 Å². The Hall–Kier alpha value is -2.08. The smallest absolute Gasteiger partial charge is 0.140 e. The first-order valence-electron chi connectivity index (χ1n) is 4.71. The lowest BCUT2D eigenvalue weighted by Gasteiger charge is -2.03. The second-order valence-corrected chi connectivity index (χ2v) is 3.51. The van der Waals surface area contributed by atoms with Gasteiger partial charge in [-0.05, 0) is 13.0 Å². The van der Waals surface area contributed by atoms with E-state index in [1.165, 1.54) is 5.56 Å². The number of hydrogen-bond acceptors (Lipinski definition) is 2. The maximum Gasteiger partial charge on any atom is 0.140 e. The van der Waals surface area contributed by atoms with E-state index >= 15 is 0 Å². The van der Waals surface area contributed by atoms with Crippen LogP contribution in [0, 0.1) is 18.3 Å². The average Bonchev–Trinajstić information content (AvgIpc) is 2.59. The summed E-state index contributed by atoms with van der Waals surface area (Å²) < 4.78 is 1.80. The number of hydrogen-bond donors (Lipinski definition) is 0. The van der Waals surface area contributed by atoms with Crippen molar-refractivity contribution in [3.05, 3.63) is 41.7 Å². The maximum atomic E-state index is 8.82. The van der Waals surface area contributed by atoms with E-state index in [0.29, 0.717) is 5.69 Å². The molecule has 0 saturated carbocycles. The molecule has 0 N–H and O–H groups in total. The molecular weight excluding hydrogens is 186 g/mol. The number of aryl methyl sites for hydroxylation is 1. The van der Waals surface area contributed by atoms with Gasteiger partial charge in [0.2, 0.25) is 0 Å². The van der Waals surface area contributed by atoms with Gasteiger partial charge in [-0.1, -0.05) is 23.8 Å². The van der Waals surface area contributed by atoms with Crippen molar-refractivity contribution in [1.82, 2.24) is 9.55 Å². The molecule has 0 saturated heterocycles. The molecular formula is C12H11N3. The quantitative estimate of drug-likeness (QED) is 0.703. The Morgan fingerprint density at radius 1 is 1.40 bits per heavy atom. The lowest BCUT2D eigenvalue weighted by Crippen LogP contribution is -1.95. The number of nitrogens with zero attached hydrogens (tertiary/aromatic N) is 3. The van der Waals surface area contributed by atoms with Crippen LogP contribution in [-0.2, 0) is 7.05 Å². The van der Waals surface area contributed by atoms with Crippen LogP contribution in [0.1, 0.15) is 11.3 Å². The highest BCUT2D eigenvalue weighted by Crippen LogP contribution is 2.19. The first kappa shape index (κ1) is 9.47. The van der Waals surface area contributed by atoms with E-state index in [0.717, 1.165) is 11.4 Å². The molecule has 0 bridgehead atoms. The first-order chi connectivity index (χ1) is 7.22. The summed E-state index contributed by atoms with van der Waals surface area (Å²) in [6.07, 6.45) is 1.59. The number of nitriles is 1. The molecule has 0 aliphatic carbocycles. The molecule has 0 spiro atoms. The molecule has 2 aromatic rings. The zero-order valence-corrected chi connectivity index (χ0v) is 8.73. The predicted molar refractivity (Wildman–Crippen MR) is 58.1 cm³/mol. The minimum atomic E-state index is 0.575. The predicted octanol–water partition coefficient (Wildman–Crippen LogP) is 2.27. The summed E-state index contributed by atoms with van der Waals surface area (Å²) in [5.41, 5.74) is 2.81. The second-order valence-electron chi connectivity index (χ2n) is 3.51. The van der Waals surface area contributed by atoms with Gasteiger partial charge in [0.15, 0.2) is 0 Å². The Bertz CT molecular complexity index is 532. The summed E-state index contributed by atoms with van der Waals surface area (Å²) in [6.45, 7) is 2.04. The highest BCUT2D eigenvalue weighted by atomic mass is 15.1. The molecule has 3 nitrogen and oxygen atoms in total. The fraction of sp³-hybridized carbons (Fsp3) is 0.167. The van der Waals surface area contributed by atoms with Crippen LogP contribution in [0.25, 0.3) is 11.4 Å². The highest BCUT2D eigenvalue weighted by molar-refractivity contribution is 5.57. The molecule has 3 heteroatoms. The largest absolute Gasteiger partial charge is 0.319 e. The van der Waals surface area contributed by atoms with Gasteiger partial charge in [-0.15, -0.1) is 0 Å². The SMILES string of the molecule is Cc1cccc(-c2ncc(C#N)n2C)c1. The van der Waals surface area contributed by atoms with Gasteiger partial charge in [-0.2, -0.15) is 5.26 Å². The van der Waals surface area contributed by atoms with E-state index in [4.69, 9.17) is 5.26 Å². The van der Waals surface area contributed by atoms with Crippen LogP contribution < -0.4 is 0 Å². The Kier molecular flexibility index (Phi) is 2.26. The fourth-order valence-corrected chi connectivity index (χ4v) is 1.57. The van der Waals surface area contributed by atoms with Crippen LogP contribution in [0.15, 0.2) is 30.5 Å². The van der Waals surface area contributed by atoms with E-state index < -0.39 is 0 Å². The van der Waals surface area contributed by atoms with Crippen LogP contribution in [0.5, 0.6) is 0 Å². The van der Waals surface area contributed by atoms with Crippen molar-refractivity contribution < 1.29 is 0 Å². The molecule has 0 aliphatic heterocycles. The normalized spacial score (nSPS) is 9.93. The van der Waals surface area contributed by atoms with Gasteiger partial charge in [-0.3, -0.25) is 0 Å². The molecule has 1 heterocycles. The molecule has 0 fully saturated rings. The zero-order chi connectivity index (χ0) is 10.8. The Balaban J connectivity index is 2.56. The molecule has 0 aliphatic rings. The van der Waals surface area contributed by atoms with Gasteiger partial charge in [0, 0.05) is 12.6 Å². The molecule has 74 valence electrons. The van der Waals surface area contributed by atoms with E-state index in [1.54, 1.807) is 10.8 Å². The summed E-state index contributed by atoms with van der Waals surface area (Å²) >= 11 is 0. The molecule has 0 amide bonds. The molecule has 0 unspecified atom stereocenters. The van der Waals surface area contributed by atoms with E-state index in [9.17, 15) is 0 Å². The fourth-order valence-electron chi connectivity index (χ4n) is 1.57. The summed E-state index contributed by atoms with van der Waals surface area (Å²) in [7, 11) is 1.85. The topological polar surface area (TPSA) is 41.6 Å². The van der Waals surface area contributed by atoms with Crippen molar-refractivity contribution in [2.24, 2.45) is 7.05 Å². The Labute approximate surface area is 88.6 Å². The van der Waals surface area contributed by atoms with E-state index in [2.05, 4.69) is 17.1 Å². The van der Waals surface area contributed by atoms with Crippen molar-refractivity contribution >= 4 is 0 Å².